The second-order valence-electron chi connectivity index (χ2n) is 6.40. The molecule has 30 heavy (non-hydrogen) atoms. The third-order valence-corrected chi connectivity index (χ3v) is 5.16. The molecule has 10 nitrogen and oxygen atoms in total. The van der Waals surface area contributed by atoms with Crippen LogP contribution in [0.4, 0.5) is 5.82 Å². The van der Waals surface area contributed by atoms with E-state index in [1.54, 1.807) is 11.6 Å². The minimum atomic E-state index is -0.523. The Hall–Kier alpha value is -3.31. The van der Waals surface area contributed by atoms with Crippen molar-refractivity contribution in [2.45, 2.75) is 0 Å². The lowest BCUT2D eigenvalue weighted by Crippen LogP contribution is -2.36. The molecule has 2 aromatic heterocycles. The van der Waals surface area contributed by atoms with E-state index < -0.39 is 11.8 Å². The first-order valence-electron chi connectivity index (χ1n) is 9.22. The molecule has 0 saturated heterocycles. The van der Waals surface area contributed by atoms with Crippen molar-refractivity contribution in [3.05, 3.63) is 40.8 Å². The maximum Gasteiger partial charge on any atom is 0.275 e. The van der Waals surface area contributed by atoms with E-state index in [0.717, 1.165) is 11.4 Å². The molecule has 158 valence electrons. The van der Waals surface area contributed by atoms with Crippen LogP contribution in [0.5, 0.6) is 0 Å². The van der Waals surface area contributed by atoms with Crippen molar-refractivity contribution in [1.82, 2.24) is 20.6 Å². The SMILES string of the molecule is CN=CC1=C(N)C(=O)NCCOCCN(C)c2cc(ccn2)-c2nc(cs2)C(=O)N1. The third-order valence-electron chi connectivity index (χ3n) is 4.26. The minimum Gasteiger partial charge on any atom is -0.393 e. The summed E-state index contributed by atoms with van der Waals surface area (Å²) in [6, 6.07) is 3.75. The molecule has 4 bridgehead atoms. The summed E-state index contributed by atoms with van der Waals surface area (Å²) in [5.74, 6) is -0.243. The number of aromatic nitrogens is 2. The summed E-state index contributed by atoms with van der Waals surface area (Å²) < 4.78 is 5.57. The van der Waals surface area contributed by atoms with Crippen LogP contribution in [-0.2, 0) is 9.53 Å². The van der Waals surface area contributed by atoms with Crippen LogP contribution in [0, 0.1) is 0 Å². The molecule has 3 rings (SSSR count). The van der Waals surface area contributed by atoms with Gasteiger partial charge in [0.25, 0.3) is 11.8 Å². The number of hydrogen-bond donors (Lipinski definition) is 3. The molecule has 0 aliphatic carbocycles. The molecule has 0 atom stereocenters. The maximum absolute atomic E-state index is 12.7. The number of fused-ring (bicyclic) bond motifs is 5. The van der Waals surface area contributed by atoms with Gasteiger partial charge in [0.15, 0.2) is 0 Å². The van der Waals surface area contributed by atoms with Crippen molar-refractivity contribution in [2.24, 2.45) is 10.7 Å². The lowest BCUT2D eigenvalue weighted by molar-refractivity contribution is -0.117. The van der Waals surface area contributed by atoms with E-state index in [4.69, 9.17) is 10.5 Å². The zero-order chi connectivity index (χ0) is 21.5. The Labute approximate surface area is 177 Å². The van der Waals surface area contributed by atoms with Crippen molar-refractivity contribution >= 4 is 35.2 Å². The Kier molecular flexibility index (Phi) is 7.09. The van der Waals surface area contributed by atoms with Crippen molar-refractivity contribution in [1.29, 1.82) is 0 Å². The number of nitrogens with two attached hydrogens (primary N) is 1. The number of nitrogens with zero attached hydrogens (tertiary/aromatic N) is 4. The highest BCUT2D eigenvalue weighted by molar-refractivity contribution is 7.13. The summed E-state index contributed by atoms with van der Waals surface area (Å²) in [4.78, 5) is 39.6. The monoisotopic (exact) mass is 429 g/mol. The number of nitrogens with one attached hydrogen (secondary N) is 2. The summed E-state index contributed by atoms with van der Waals surface area (Å²) in [6.45, 7) is 1.69. The average Bonchev–Trinajstić information content (AvgIpc) is 3.25. The third kappa shape index (κ3) is 5.19. The van der Waals surface area contributed by atoms with Gasteiger partial charge in [-0.05, 0) is 12.1 Å². The fourth-order valence-electron chi connectivity index (χ4n) is 2.63. The highest BCUT2D eigenvalue weighted by Gasteiger charge is 2.17. The highest BCUT2D eigenvalue weighted by atomic mass is 32.1. The van der Waals surface area contributed by atoms with E-state index in [1.807, 2.05) is 24.1 Å². The summed E-state index contributed by atoms with van der Waals surface area (Å²) in [5.41, 5.74) is 6.94. The molecule has 1 aliphatic heterocycles. The first-order valence-corrected chi connectivity index (χ1v) is 10.1. The number of anilines is 1. The van der Waals surface area contributed by atoms with Crippen LogP contribution < -0.4 is 21.3 Å². The molecule has 0 spiro atoms. The first-order chi connectivity index (χ1) is 14.5. The number of pyridine rings is 1. The van der Waals surface area contributed by atoms with Gasteiger partial charge < -0.3 is 26.0 Å². The zero-order valence-electron chi connectivity index (χ0n) is 16.7. The molecule has 11 heteroatoms. The van der Waals surface area contributed by atoms with Crippen molar-refractivity contribution < 1.29 is 14.3 Å². The van der Waals surface area contributed by atoms with E-state index in [-0.39, 0.29) is 23.6 Å². The van der Waals surface area contributed by atoms with Crippen LogP contribution in [-0.4, -0.2) is 68.4 Å². The molecular weight excluding hydrogens is 406 g/mol. The first kappa shape index (κ1) is 21.4. The molecule has 3 heterocycles. The quantitative estimate of drug-likeness (QED) is 0.558. The Balaban J connectivity index is 1.94. The van der Waals surface area contributed by atoms with Gasteiger partial charge in [-0.1, -0.05) is 0 Å². The van der Waals surface area contributed by atoms with E-state index >= 15 is 0 Å². The Morgan fingerprint density at radius 3 is 2.97 bits per heavy atom. The molecule has 0 aromatic carbocycles. The molecular formula is C19H23N7O3S. The largest absolute Gasteiger partial charge is 0.393 e. The fourth-order valence-corrected chi connectivity index (χ4v) is 3.42. The van der Waals surface area contributed by atoms with Crippen LogP contribution in [0.2, 0.25) is 0 Å². The van der Waals surface area contributed by atoms with Gasteiger partial charge >= 0.3 is 0 Å². The second-order valence-corrected chi connectivity index (χ2v) is 7.26. The fraction of sp³-hybridized carbons (Fsp3) is 0.316. The molecule has 0 unspecified atom stereocenters. The zero-order valence-corrected chi connectivity index (χ0v) is 17.5. The number of hydrogen-bond acceptors (Lipinski definition) is 9. The van der Waals surface area contributed by atoms with Gasteiger partial charge in [0.1, 0.15) is 22.2 Å². The number of amides is 2. The number of carbonyl (C=O) groups excluding carboxylic acids is 2. The van der Waals surface area contributed by atoms with Gasteiger partial charge in [-0.3, -0.25) is 14.6 Å². The number of ether oxygens (including phenoxy) is 1. The Morgan fingerprint density at radius 1 is 1.33 bits per heavy atom. The number of allylic oxidation sites excluding steroid dienone is 1. The van der Waals surface area contributed by atoms with Gasteiger partial charge in [0.05, 0.1) is 18.9 Å². The Bertz CT molecular complexity index is 986. The molecule has 4 N–H and O–H groups in total. The maximum atomic E-state index is 12.7. The summed E-state index contributed by atoms with van der Waals surface area (Å²) in [6.07, 6.45) is 3.02. The summed E-state index contributed by atoms with van der Waals surface area (Å²) >= 11 is 1.34. The standard InChI is InChI=1S/C19H23N7O3S/c1-21-10-13-16(20)18(28)23-5-7-29-8-6-26(2)15-9-12(3-4-22-15)19-25-14(11-30-19)17(27)24-13/h3-4,9-11H,5-8,20H2,1-2H3,(H,23,28)(H,24,27). The smallest absolute Gasteiger partial charge is 0.275 e. The van der Waals surface area contributed by atoms with Crippen molar-refractivity contribution in [2.75, 3.05) is 45.3 Å². The average molecular weight is 430 g/mol. The molecule has 2 amide bonds. The number of thiazole rings is 1. The van der Waals surface area contributed by atoms with Crippen LogP contribution in [0.25, 0.3) is 10.6 Å². The number of carbonyl (C=O) groups is 2. The molecule has 0 radical (unpaired) electrons. The van der Waals surface area contributed by atoms with Gasteiger partial charge in [-0.2, -0.15) is 0 Å². The molecule has 2 aromatic rings. The van der Waals surface area contributed by atoms with E-state index in [2.05, 4.69) is 25.6 Å². The molecule has 1 aliphatic rings. The predicted molar refractivity (Wildman–Crippen MR) is 116 cm³/mol. The van der Waals surface area contributed by atoms with Crippen LogP contribution in [0.1, 0.15) is 10.5 Å². The Morgan fingerprint density at radius 2 is 2.17 bits per heavy atom. The van der Waals surface area contributed by atoms with Crippen LogP contribution >= 0.6 is 11.3 Å². The van der Waals surface area contributed by atoms with Gasteiger partial charge in [0.2, 0.25) is 0 Å². The van der Waals surface area contributed by atoms with E-state index in [9.17, 15) is 9.59 Å². The van der Waals surface area contributed by atoms with Gasteiger partial charge in [-0.15, -0.1) is 11.3 Å². The summed E-state index contributed by atoms with van der Waals surface area (Å²) in [7, 11) is 3.43. The van der Waals surface area contributed by atoms with Crippen molar-refractivity contribution in [3.8, 4) is 10.6 Å². The summed E-state index contributed by atoms with van der Waals surface area (Å²) in [5, 5.41) is 7.59. The van der Waals surface area contributed by atoms with Crippen LogP contribution in [0.3, 0.4) is 0 Å². The number of aliphatic imine (C=N–C) groups is 1. The molecule has 0 fully saturated rings. The van der Waals surface area contributed by atoms with Crippen molar-refractivity contribution in [3.63, 3.8) is 0 Å². The van der Waals surface area contributed by atoms with Gasteiger partial charge in [0, 0.05) is 50.5 Å². The minimum absolute atomic E-state index is 0.101. The normalized spacial score (nSPS) is 16.8. The lowest BCUT2D eigenvalue weighted by Gasteiger charge is -2.18. The van der Waals surface area contributed by atoms with Gasteiger partial charge in [-0.25, -0.2) is 9.97 Å². The van der Waals surface area contributed by atoms with E-state index in [0.29, 0.717) is 24.8 Å². The number of rotatable bonds is 1. The van der Waals surface area contributed by atoms with Crippen LogP contribution in [0.15, 0.2) is 40.1 Å². The molecule has 0 saturated carbocycles. The number of likely N-dealkylation sites (N-methyl/N-ethyl adjacent to an activating group) is 1. The highest BCUT2D eigenvalue weighted by Crippen LogP contribution is 2.26. The topological polar surface area (TPSA) is 135 Å². The lowest BCUT2D eigenvalue weighted by atomic mass is 10.2. The second kappa shape index (κ2) is 9.94. The predicted octanol–water partition coefficient (Wildman–Crippen LogP) is 0.388. The van der Waals surface area contributed by atoms with E-state index in [1.165, 1.54) is 24.6 Å².